The Bertz CT molecular complexity index is 362. The van der Waals surface area contributed by atoms with Crippen molar-refractivity contribution in [1.29, 1.82) is 0 Å². The number of hydrogen-bond donors (Lipinski definition) is 2. The molecule has 0 aromatic heterocycles. The summed E-state index contributed by atoms with van der Waals surface area (Å²) in [6.07, 6.45) is 0.771. The monoisotopic (exact) mass is 204 g/mol. The Morgan fingerprint density at radius 3 is 3.00 bits per heavy atom. The number of rotatable bonds is 2. The number of nitrogens with one attached hydrogen (secondary N) is 2. The molecule has 0 aliphatic carbocycles. The van der Waals surface area contributed by atoms with Gasteiger partial charge in [0, 0.05) is 13.1 Å². The number of carbonyl (C=O) groups excluding carboxylic acids is 1. The van der Waals surface area contributed by atoms with E-state index in [9.17, 15) is 4.79 Å². The van der Waals surface area contributed by atoms with Gasteiger partial charge in [0.1, 0.15) is 0 Å². The molecule has 1 aromatic rings. The number of carbonyl (C=O) groups is 1. The standard InChI is InChI=1S/C12H16N2O/c1-9-3-2-4-10(7-9)8-11-12(15)14-6-5-13-11/h2-4,7,11,13H,5-6,8H2,1H3,(H,14,15). The summed E-state index contributed by atoms with van der Waals surface area (Å²) in [6.45, 7) is 3.67. The molecule has 2 N–H and O–H groups in total. The average Bonchev–Trinajstić information content (AvgIpc) is 2.22. The van der Waals surface area contributed by atoms with Gasteiger partial charge in [0.05, 0.1) is 6.04 Å². The van der Waals surface area contributed by atoms with Gasteiger partial charge in [0.25, 0.3) is 0 Å². The minimum Gasteiger partial charge on any atom is -0.353 e. The predicted octanol–water partition coefficient (Wildman–Crippen LogP) is 0.626. The highest BCUT2D eigenvalue weighted by atomic mass is 16.2. The van der Waals surface area contributed by atoms with Crippen molar-refractivity contribution < 1.29 is 4.79 Å². The smallest absolute Gasteiger partial charge is 0.237 e. The molecule has 1 heterocycles. The van der Waals surface area contributed by atoms with Crippen molar-refractivity contribution in [3.63, 3.8) is 0 Å². The van der Waals surface area contributed by atoms with Gasteiger partial charge in [-0.2, -0.15) is 0 Å². The Labute approximate surface area is 89.9 Å². The van der Waals surface area contributed by atoms with E-state index in [1.807, 2.05) is 6.07 Å². The Morgan fingerprint density at radius 2 is 2.27 bits per heavy atom. The van der Waals surface area contributed by atoms with E-state index in [1.54, 1.807) is 0 Å². The summed E-state index contributed by atoms with van der Waals surface area (Å²) in [6, 6.07) is 8.23. The van der Waals surface area contributed by atoms with Crippen LogP contribution in [0.5, 0.6) is 0 Å². The molecule has 1 aliphatic heterocycles. The molecular weight excluding hydrogens is 188 g/mol. The van der Waals surface area contributed by atoms with E-state index in [-0.39, 0.29) is 11.9 Å². The maximum absolute atomic E-state index is 11.5. The normalized spacial score (nSPS) is 21.1. The summed E-state index contributed by atoms with van der Waals surface area (Å²) in [5, 5.41) is 6.09. The molecule has 15 heavy (non-hydrogen) atoms. The van der Waals surface area contributed by atoms with E-state index in [1.165, 1.54) is 11.1 Å². The van der Waals surface area contributed by atoms with Crippen molar-refractivity contribution in [2.75, 3.05) is 13.1 Å². The van der Waals surface area contributed by atoms with Gasteiger partial charge in [-0.1, -0.05) is 29.8 Å². The lowest BCUT2D eigenvalue weighted by Crippen LogP contribution is -2.53. The molecule has 1 aromatic carbocycles. The fourth-order valence-electron chi connectivity index (χ4n) is 1.89. The van der Waals surface area contributed by atoms with Crippen LogP contribution in [-0.2, 0) is 11.2 Å². The molecule has 1 saturated heterocycles. The Morgan fingerprint density at radius 1 is 1.40 bits per heavy atom. The van der Waals surface area contributed by atoms with Gasteiger partial charge in [-0.3, -0.25) is 4.79 Å². The third kappa shape index (κ3) is 2.57. The van der Waals surface area contributed by atoms with Gasteiger partial charge in [-0.05, 0) is 18.9 Å². The second kappa shape index (κ2) is 4.45. The van der Waals surface area contributed by atoms with Crippen LogP contribution in [0.3, 0.4) is 0 Å². The van der Waals surface area contributed by atoms with E-state index in [2.05, 4.69) is 35.8 Å². The molecule has 0 radical (unpaired) electrons. The highest BCUT2D eigenvalue weighted by molar-refractivity contribution is 5.82. The fraction of sp³-hybridized carbons (Fsp3) is 0.417. The van der Waals surface area contributed by atoms with Gasteiger partial charge in [-0.25, -0.2) is 0 Å². The highest BCUT2D eigenvalue weighted by Crippen LogP contribution is 2.07. The lowest BCUT2D eigenvalue weighted by molar-refractivity contribution is -0.124. The maximum Gasteiger partial charge on any atom is 0.237 e. The van der Waals surface area contributed by atoms with Crippen molar-refractivity contribution in [2.24, 2.45) is 0 Å². The van der Waals surface area contributed by atoms with Crippen LogP contribution in [0.4, 0.5) is 0 Å². The summed E-state index contributed by atoms with van der Waals surface area (Å²) in [7, 11) is 0. The van der Waals surface area contributed by atoms with Crippen molar-refractivity contribution in [3.8, 4) is 0 Å². The van der Waals surface area contributed by atoms with E-state index >= 15 is 0 Å². The van der Waals surface area contributed by atoms with E-state index in [4.69, 9.17) is 0 Å². The second-order valence-electron chi connectivity index (χ2n) is 3.99. The number of hydrogen-bond acceptors (Lipinski definition) is 2. The number of amides is 1. The molecule has 1 atom stereocenters. The van der Waals surface area contributed by atoms with Gasteiger partial charge >= 0.3 is 0 Å². The van der Waals surface area contributed by atoms with Crippen LogP contribution >= 0.6 is 0 Å². The quantitative estimate of drug-likeness (QED) is 0.741. The molecule has 1 unspecified atom stereocenters. The van der Waals surface area contributed by atoms with Crippen LogP contribution < -0.4 is 10.6 Å². The third-order valence-corrected chi connectivity index (χ3v) is 2.65. The van der Waals surface area contributed by atoms with Crippen LogP contribution in [0.15, 0.2) is 24.3 Å². The summed E-state index contributed by atoms with van der Waals surface area (Å²) in [5.74, 6) is 0.114. The van der Waals surface area contributed by atoms with Gasteiger partial charge in [0.15, 0.2) is 0 Å². The van der Waals surface area contributed by atoms with Crippen LogP contribution in [-0.4, -0.2) is 25.0 Å². The second-order valence-corrected chi connectivity index (χ2v) is 3.99. The Kier molecular flexibility index (Phi) is 3.02. The molecule has 3 heteroatoms. The van der Waals surface area contributed by atoms with Crippen LogP contribution in [0.25, 0.3) is 0 Å². The minimum absolute atomic E-state index is 0.0689. The first-order chi connectivity index (χ1) is 7.25. The van der Waals surface area contributed by atoms with Crippen LogP contribution in [0.1, 0.15) is 11.1 Å². The molecule has 3 nitrogen and oxygen atoms in total. The van der Waals surface area contributed by atoms with Gasteiger partial charge < -0.3 is 10.6 Å². The zero-order valence-corrected chi connectivity index (χ0v) is 8.92. The molecule has 0 spiro atoms. The van der Waals surface area contributed by atoms with Crippen molar-refractivity contribution >= 4 is 5.91 Å². The largest absolute Gasteiger partial charge is 0.353 e. The Balaban J connectivity index is 2.04. The third-order valence-electron chi connectivity index (χ3n) is 2.65. The van der Waals surface area contributed by atoms with Gasteiger partial charge in [0.2, 0.25) is 5.91 Å². The van der Waals surface area contributed by atoms with Crippen molar-refractivity contribution in [1.82, 2.24) is 10.6 Å². The summed E-state index contributed by atoms with van der Waals surface area (Å²) < 4.78 is 0. The molecule has 1 fully saturated rings. The fourth-order valence-corrected chi connectivity index (χ4v) is 1.89. The molecule has 0 saturated carbocycles. The minimum atomic E-state index is -0.0689. The number of benzene rings is 1. The van der Waals surface area contributed by atoms with Crippen molar-refractivity contribution in [3.05, 3.63) is 35.4 Å². The predicted molar refractivity (Wildman–Crippen MR) is 59.7 cm³/mol. The molecule has 80 valence electrons. The molecule has 0 bridgehead atoms. The maximum atomic E-state index is 11.5. The van der Waals surface area contributed by atoms with Crippen molar-refractivity contribution in [2.45, 2.75) is 19.4 Å². The number of aryl methyl sites for hydroxylation is 1. The lowest BCUT2D eigenvalue weighted by Gasteiger charge is -2.23. The SMILES string of the molecule is Cc1cccc(CC2NCCNC2=O)c1. The molecule has 1 aliphatic rings. The first kappa shape index (κ1) is 10.2. The van der Waals surface area contributed by atoms with Gasteiger partial charge in [-0.15, -0.1) is 0 Å². The average molecular weight is 204 g/mol. The van der Waals surface area contributed by atoms with Crippen LogP contribution in [0.2, 0.25) is 0 Å². The van der Waals surface area contributed by atoms with Crippen LogP contribution in [0, 0.1) is 6.92 Å². The zero-order chi connectivity index (χ0) is 10.7. The molecular formula is C12H16N2O. The summed E-state index contributed by atoms with van der Waals surface area (Å²) >= 11 is 0. The van der Waals surface area contributed by atoms with E-state index < -0.39 is 0 Å². The summed E-state index contributed by atoms with van der Waals surface area (Å²) in [4.78, 5) is 11.5. The molecule has 1 amide bonds. The lowest BCUT2D eigenvalue weighted by atomic mass is 10.0. The first-order valence-electron chi connectivity index (χ1n) is 5.32. The highest BCUT2D eigenvalue weighted by Gasteiger charge is 2.21. The van der Waals surface area contributed by atoms with E-state index in [0.717, 1.165) is 19.5 Å². The number of piperazine rings is 1. The summed E-state index contributed by atoms with van der Waals surface area (Å²) in [5.41, 5.74) is 2.45. The first-order valence-corrected chi connectivity index (χ1v) is 5.32. The van der Waals surface area contributed by atoms with E-state index in [0.29, 0.717) is 0 Å². The Hall–Kier alpha value is -1.35. The topological polar surface area (TPSA) is 41.1 Å². The molecule has 2 rings (SSSR count). The zero-order valence-electron chi connectivity index (χ0n) is 8.92.